The van der Waals surface area contributed by atoms with E-state index in [0.717, 1.165) is 44.9 Å². The van der Waals surface area contributed by atoms with Gasteiger partial charge in [0.2, 0.25) is 0 Å². The number of aliphatic carboxylic acids is 1. The monoisotopic (exact) mass is 388 g/mol. The van der Waals surface area contributed by atoms with Crippen molar-refractivity contribution in [2.45, 2.75) is 117 Å². The zero-order valence-corrected chi connectivity index (χ0v) is 18.0. The summed E-state index contributed by atoms with van der Waals surface area (Å²) in [5.74, 6) is -0.693. The molecule has 0 aliphatic carbocycles. The second-order valence-electron chi connectivity index (χ2n) is 7.26. The number of carboxylic acids is 1. The standard InChI is InChI=1S/C12H24O2.C10H20O3/c1-3-5-7-8-10-11(12(13)14)9-6-4-2;1-2-3-4-5-6-7-8-9-13-10(11)12/h11H,3-10H2,1-2H3,(H,13,14);2-9H2,1H3,(H,11,12). The third kappa shape index (κ3) is 24.7. The van der Waals surface area contributed by atoms with Gasteiger partial charge >= 0.3 is 12.1 Å². The molecule has 2 N–H and O–H groups in total. The second kappa shape index (κ2) is 22.8. The lowest BCUT2D eigenvalue weighted by Crippen LogP contribution is -2.13. The van der Waals surface area contributed by atoms with Crippen molar-refractivity contribution in [2.75, 3.05) is 6.61 Å². The van der Waals surface area contributed by atoms with Crippen molar-refractivity contribution in [1.29, 1.82) is 0 Å². The highest BCUT2D eigenvalue weighted by atomic mass is 16.7. The molecule has 0 heterocycles. The van der Waals surface area contributed by atoms with Gasteiger partial charge in [0.15, 0.2) is 0 Å². The highest BCUT2D eigenvalue weighted by Gasteiger charge is 2.15. The summed E-state index contributed by atoms with van der Waals surface area (Å²) in [5.41, 5.74) is 0. The molecular weight excluding hydrogens is 344 g/mol. The first-order chi connectivity index (χ1) is 13.0. The molecule has 0 saturated carbocycles. The molecule has 5 heteroatoms. The van der Waals surface area contributed by atoms with Gasteiger partial charge in [0.1, 0.15) is 0 Å². The number of hydrogen-bond donors (Lipinski definition) is 2. The van der Waals surface area contributed by atoms with Crippen molar-refractivity contribution in [3.8, 4) is 0 Å². The van der Waals surface area contributed by atoms with E-state index in [9.17, 15) is 9.59 Å². The minimum atomic E-state index is -1.16. The Labute approximate surface area is 166 Å². The van der Waals surface area contributed by atoms with E-state index >= 15 is 0 Å². The molecule has 0 bridgehead atoms. The summed E-state index contributed by atoms with van der Waals surface area (Å²) in [6.45, 7) is 6.82. The Morgan fingerprint density at radius 3 is 1.59 bits per heavy atom. The van der Waals surface area contributed by atoms with Crippen LogP contribution in [0.3, 0.4) is 0 Å². The van der Waals surface area contributed by atoms with Gasteiger partial charge in [0, 0.05) is 0 Å². The molecule has 1 unspecified atom stereocenters. The van der Waals surface area contributed by atoms with Crippen LogP contribution in [0.2, 0.25) is 0 Å². The molecular formula is C22H44O5. The van der Waals surface area contributed by atoms with Crippen LogP contribution in [0.4, 0.5) is 4.79 Å². The number of carbonyl (C=O) groups is 2. The lowest BCUT2D eigenvalue weighted by atomic mass is 9.95. The topological polar surface area (TPSA) is 83.8 Å². The van der Waals surface area contributed by atoms with Gasteiger partial charge < -0.3 is 14.9 Å². The molecule has 0 aromatic rings. The van der Waals surface area contributed by atoms with Gasteiger partial charge in [-0.2, -0.15) is 0 Å². The first kappa shape index (κ1) is 28.0. The van der Waals surface area contributed by atoms with Gasteiger partial charge in [-0.15, -0.1) is 0 Å². The fourth-order valence-electron chi connectivity index (χ4n) is 2.88. The number of ether oxygens (including phenoxy) is 1. The van der Waals surface area contributed by atoms with Crippen molar-refractivity contribution >= 4 is 12.1 Å². The SMILES string of the molecule is CCCCCCC(CCCC)C(=O)O.CCCCCCCCCOC(=O)O. The van der Waals surface area contributed by atoms with E-state index in [0.29, 0.717) is 6.61 Å². The van der Waals surface area contributed by atoms with Crippen molar-refractivity contribution in [2.24, 2.45) is 5.92 Å². The average Bonchev–Trinajstić information content (AvgIpc) is 2.63. The molecule has 0 spiro atoms. The fraction of sp³-hybridized carbons (Fsp3) is 0.909. The molecule has 0 rings (SSSR count). The fourth-order valence-corrected chi connectivity index (χ4v) is 2.88. The zero-order chi connectivity index (χ0) is 20.8. The maximum atomic E-state index is 10.9. The number of rotatable bonds is 17. The van der Waals surface area contributed by atoms with Crippen molar-refractivity contribution in [3.63, 3.8) is 0 Å². The van der Waals surface area contributed by atoms with E-state index in [1.54, 1.807) is 0 Å². The lowest BCUT2D eigenvalue weighted by molar-refractivity contribution is -0.142. The Morgan fingerprint density at radius 2 is 1.11 bits per heavy atom. The third-order valence-corrected chi connectivity index (χ3v) is 4.63. The molecule has 0 aromatic heterocycles. The van der Waals surface area contributed by atoms with E-state index < -0.39 is 12.1 Å². The molecule has 27 heavy (non-hydrogen) atoms. The number of carboxylic acid groups (broad SMARTS) is 2. The maximum Gasteiger partial charge on any atom is 0.505 e. The average molecular weight is 389 g/mol. The van der Waals surface area contributed by atoms with Gasteiger partial charge in [-0.3, -0.25) is 4.79 Å². The molecule has 0 aliphatic rings. The Bertz CT molecular complexity index is 331. The smallest absolute Gasteiger partial charge is 0.481 e. The Hall–Kier alpha value is -1.26. The normalized spacial score (nSPS) is 11.4. The van der Waals surface area contributed by atoms with E-state index in [4.69, 9.17) is 10.2 Å². The summed E-state index contributed by atoms with van der Waals surface area (Å²) in [4.78, 5) is 20.8. The van der Waals surface area contributed by atoms with E-state index in [-0.39, 0.29) is 5.92 Å². The summed E-state index contributed by atoms with van der Waals surface area (Å²) in [5, 5.41) is 17.1. The summed E-state index contributed by atoms with van der Waals surface area (Å²) in [7, 11) is 0. The largest absolute Gasteiger partial charge is 0.505 e. The molecule has 0 aromatic carbocycles. The van der Waals surface area contributed by atoms with Crippen LogP contribution in [-0.4, -0.2) is 28.9 Å². The van der Waals surface area contributed by atoms with E-state index in [1.165, 1.54) is 51.4 Å². The van der Waals surface area contributed by atoms with Gasteiger partial charge in [-0.25, -0.2) is 4.79 Å². The Morgan fingerprint density at radius 1 is 0.667 bits per heavy atom. The molecule has 0 aliphatic heterocycles. The predicted octanol–water partition coefficient (Wildman–Crippen LogP) is 7.28. The van der Waals surface area contributed by atoms with Crippen LogP contribution >= 0.6 is 0 Å². The highest BCUT2D eigenvalue weighted by Crippen LogP contribution is 2.17. The van der Waals surface area contributed by atoms with Crippen LogP contribution in [0.5, 0.6) is 0 Å². The molecule has 1 atom stereocenters. The predicted molar refractivity (Wildman–Crippen MR) is 111 cm³/mol. The molecule has 162 valence electrons. The van der Waals surface area contributed by atoms with Gasteiger partial charge in [-0.05, 0) is 19.3 Å². The highest BCUT2D eigenvalue weighted by molar-refractivity contribution is 5.69. The van der Waals surface area contributed by atoms with Crippen LogP contribution in [0.15, 0.2) is 0 Å². The summed E-state index contributed by atoms with van der Waals surface area (Å²) < 4.78 is 4.39. The molecule has 0 fully saturated rings. The van der Waals surface area contributed by atoms with Crippen LogP contribution in [0.1, 0.15) is 117 Å². The first-order valence-corrected chi connectivity index (χ1v) is 11.1. The van der Waals surface area contributed by atoms with E-state index in [2.05, 4.69) is 25.5 Å². The van der Waals surface area contributed by atoms with E-state index in [1.807, 2.05) is 0 Å². The molecule has 5 nitrogen and oxygen atoms in total. The first-order valence-electron chi connectivity index (χ1n) is 11.1. The van der Waals surface area contributed by atoms with Crippen molar-refractivity contribution in [3.05, 3.63) is 0 Å². The molecule has 0 saturated heterocycles. The lowest BCUT2D eigenvalue weighted by Gasteiger charge is -2.10. The summed E-state index contributed by atoms with van der Waals surface area (Å²) in [6.07, 6.45) is 15.7. The summed E-state index contributed by atoms with van der Waals surface area (Å²) in [6, 6.07) is 0. The molecule has 0 radical (unpaired) electrons. The summed E-state index contributed by atoms with van der Waals surface area (Å²) >= 11 is 0. The Kier molecular flexibility index (Phi) is 23.6. The maximum absolute atomic E-state index is 10.9. The Balaban J connectivity index is 0. The van der Waals surface area contributed by atoms with Gasteiger partial charge in [0.05, 0.1) is 12.5 Å². The van der Waals surface area contributed by atoms with Crippen LogP contribution in [0.25, 0.3) is 0 Å². The van der Waals surface area contributed by atoms with Crippen LogP contribution in [0, 0.1) is 5.92 Å². The van der Waals surface area contributed by atoms with Crippen LogP contribution in [-0.2, 0) is 9.53 Å². The van der Waals surface area contributed by atoms with Gasteiger partial charge in [0.25, 0.3) is 0 Å². The number of hydrogen-bond acceptors (Lipinski definition) is 3. The minimum absolute atomic E-state index is 0.0909. The van der Waals surface area contributed by atoms with Gasteiger partial charge in [-0.1, -0.05) is 97.8 Å². The minimum Gasteiger partial charge on any atom is -0.481 e. The number of unbranched alkanes of at least 4 members (excludes halogenated alkanes) is 10. The quantitative estimate of drug-likeness (QED) is 0.202. The zero-order valence-electron chi connectivity index (χ0n) is 18.0. The van der Waals surface area contributed by atoms with Crippen molar-refractivity contribution in [1.82, 2.24) is 0 Å². The molecule has 0 amide bonds. The third-order valence-electron chi connectivity index (χ3n) is 4.63. The van der Waals surface area contributed by atoms with Crippen molar-refractivity contribution < 1.29 is 24.5 Å². The second-order valence-corrected chi connectivity index (χ2v) is 7.26. The van der Waals surface area contributed by atoms with Crippen LogP contribution < -0.4 is 0 Å².